The van der Waals surface area contributed by atoms with Crippen molar-refractivity contribution in [1.29, 1.82) is 0 Å². The Balaban J connectivity index is 1.86. The van der Waals surface area contributed by atoms with Crippen molar-refractivity contribution in [3.8, 4) is 5.75 Å². The van der Waals surface area contributed by atoms with E-state index in [2.05, 4.69) is 29.8 Å². The lowest BCUT2D eigenvalue weighted by molar-refractivity contribution is -0.796. The van der Waals surface area contributed by atoms with Crippen molar-refractivity contribution in [1.82, 2.24) is 0 Å². The Labute approximate surface area is 121 Å². The largest absolute Gasteiger partial charge is 0.497 e. The van der Waals surface area contributed by atoms with Crippen molar-refractivity contribution in [3.63, 3.8) is 0 Å². The number of nitrogens with two attached hydrogens (primary N) is 2. The summed E-state index contributed by atoms with van der Waals surface area (Å²) in [5, 5.41) is 4.81. The van der Waals surface area contributed by atoms with E-state index in [4.69, 9.17) is 9.47 Å². The van der Waals surface area contributed by atoms with Gasteiger partial charge in [-0.2, -0.15) is 0 Å². The molecule has 0 unspecified atom stereocenters. The number of hydrogen-bond donors (Lipinski definition) is 2. The van der Waals surface area contributed by atoms with E-state index < -0.39 is 0 Å². The van der Waals surface area contributed by atoms with E-state index in [0.29, 0.717) is 5.54 Å². The summed E-state index contributed by atoms with van der Waals surface area (Å²) in [6, 6.07) is 8.39. The van der Waals surface area contributed by atoms with Crippen LogP contribution in [-0.2, 0) is 11.3 Å². The van der Waals surface area contributed by atoms with Gasteiger partial charge in [-0.05, 0) is 30.2 Å². The molecule has 0 bridgehead atoms. The molecule has 1 aromatic rings. The minimum Gasteiger partial charge on any atom is -0.497 e. The smallest absolute Gasteiger partial charge is 0.146 e. The van der Waals surface area contributed by atoms with Crippen molar-refractivity contribution in [2.45, 2.75) is 24.9 Å². The first-order valence-corrected chi connectivity index (χ1v) is 7.45. The van der Waals surface area contributed by atoms with Crippen molar-refractivity contribution >= 4 is 0 Å². The zero-order valence-electron chi connectivity index (χ0n) is 12.9. The van der Waals surface area contributed by atoms with E-state index >= 15 is 0 Å². The number of rotatable bonds is 8. The summed E-state index contributed by atoms with van der Waals surface area (Å²) in [7, 11) is 5.66. The molecule has 4 N–H and O–H groups in total. The Morgan fingerprint density at radius 2 is 1.90 bits per heavy atom. The number of hydrogen-bond acceptors (Lipinski definition) is 2. The predicted molar refractivity (Wildman–Crippen MR) is 78.7 cm³/mol. The van der Waals surface area contributed by atoms with Crippen LogP contribution < -0.4 is 15.4 Å². The van der Waals surface area contributed by atoms with Gasteiger partial charge < -0.3 is 20.1 Å². The Bertz CT molecular complexity index is 399. The van der Waals surface area contributed by atoms with Gasteiger partial charge in [0.05, 0.1) is 14.2 Å². The van der Waals surface area contributed by atoms with E-state index in [1.165, 1.54) is 24.9 Å². The molecular weight excluding hydrogens is 252 g/mol. The van der Waals surface area contributed by atoms with Gasteiger partial charge in [0.15, 0.2) is 0 Å². The summed E-state index contributed by atoms with van der Waals surface area (Å²) in [5.41, 5.74) is 1.76. The molecule has 2 rings (SSSR count). The first kappa shape index (κ1) is 15.3. The molecule has 20 heavy (non-hydrogen) atoms. The van der Waals surface area contributed by atoms with Crippen molar-refractivity contribution in [3.05, 3.63) is 29.8 Å². The highest BCUT2D eigenvalue weighted by Crippen LogP contribution is 2.34. The first-order valence-electron chi connectivity index (χ1n) is 7.45. The van der Waals surface area contributed by atoms with E-state index in [0.717, 1.165) is 24.8 Å². The molecule has 0 saturated heterocycles. The molecule has 1 aliphatic carbocycles. The zero-order chi connectivity index (χ0) is 14.4. The molecule has 112 valence electrons. The van der Waals surface area contributed by atoms with Crippen molar-refractivity contribution in [2.75, 3.05) is 34.4 Å². The number of benzene rings is 1. The molecule has 1 fully saturated rings. The number of methoxy groups -OCH3 is 2. The third-order valence-electron chi connectivity index (χ3n) is 4.33. The molecule has 4 heteroatoms. The topological polar surface area (TPSA) is 51.7 Å². The van der Waals surface area contributed by atoms with Crippen LogP contribution in [0.5, 0.6) is 5.75 Å². The fourth-order valence-electron chi connectivity index (χ4n) is 3.36. The SMILES string of the molecule is C[NH2+]CC1([NH2+]Cc2ccc(OC)cc2)CC(COC)C1. The molecule has 0 radical (unpaired) electrons. The molecular formula is C16H28N2O2+2. The number of likely N-dealkylation sites (N-methyl/N-ethyl adjacent to an activating group) is 1. The van der Waals surface area contributed by atoms with Crippen LogP contribution in [0, 0.1) is 5.92 Å². The molecule has 1 aliphatic rings. The minimum absolute atomic E-state index is 0.401. The highest BCUT2D eigenvalue weighted by atomic mass is 16.5. The molecule has 1 aromatic carbocycles. The van der Waals surface area contributed by atoms with Gasteiger partial charge in [0, 0.05) is 32.1 Å². The number of ether oxygens (including phenoxy) is 2. The third-order valence-corrected chi connectivity index (χ3v) is 4.33. The fourth-order valence-corrected chi connectivity index (χ4v) is 3.36. The van der Waals surface area contributed by atoms with E-state index in [1.807, 2.05) is 12.1 Å². The first-order chi connectivity index (χ1) is 9.71. The Morgan fingerprint density at radius 1 is 1.20 bits per heavy atom. The van der Waals surface area contributed by atoms with Gasteiger partial charge in [0.25, 0.3) is 0 Å². The fraction of sp³-hybridized carbons (Fsp3) is 0.625. The maximum atomic E-state index is 5.27. The highest BCUT2D eigenvalue weighted by Gasteiger charge is 2.48. The number of quaternary nitrogens is 2. The highest BCUT2D eigenvalue weighted by molar-refractivity contribution is 5.26. The van der Waals surface area contributed by atoms with Gasteiger partial charge in [-0.15, -0.1) is 0 Å². The second kappa shape index (κ2) is 7.07. The second-order valence-corrected chi connectivity index (χ2v) is 5.96. The summed E-state index contributed by atoms with van der Waals surface area (Å²) in [6.07, 6.45) is 2.53. The van der Waals surface area contributed by atoms with Crippen LogP contribution in [0.3, 0.4) is 0 Å². The predicted octanol–water partition coefficient (Wildman–Crippen LogP) is -0.253. The van der Waals surface area contributed by atoms with Gasteiger partial charge in [-0.3, -0.25) is 0 Å². The third kappa shape index (κ3) is 3.72. The van der Waals surface area contributed by atoms with E-state index in [-0.39, 0.29) is 0 Å². The molecule has 0 spiro atoms. The Kier molecular flexibility index (Phi) is 5.40. The van der Waals surface area contributed by atoms with Crippen LogP contribution in [0.1, 0.15) is 18.4 Å². The molecule has 1 saturated carbocycles. The zero-order valence-corrected chi connectivity index (χ0v) is 12.9. The summed E-state index contributed by atoms with van der Waals surface area (Å²) in [5.74, 6) is 1.67. The normalized spacial score (nSPS) is 25.2. The molecule has 4 nitrogen and oxygen atoms in total. The summed E-state index contributed by atoms with van der Waals surface area (Å²) in [6.45, 7) is 3.13. The second-order valence-electron chi connectivity index (χ2n) is 5.96. The standard InChI is InChI=1S/C16H26N2O2/c1-17-12-16(8-14(9-16)11-19-2)18-10-13-4-6-15(20-3)7-5-13/h4-7,14,17-18H,8-12H2,1-3H3/p+2. The lowest BCUT2D eigenvalue weighted by atomic mass is 9.68. The quantitative estimate of drug-likeness (QED) is 0.690. The van der Waals surface area contributed by atoms with Crippen LogP contribution >= 0.6 is 0 Å². The summed E-state index contributed by atoms with van der Waals surface area (Å²) < 4.78 is 10.5. The van der Waals surface area contributed by atoms with Crippen LogP contribution in [-0.4, -0.2) is 40.0 Å². The van der Waals surface area contributed by atoms with E-state index in [9.17, 15) is 0 Å². The average molecular weight is 280 g/mol. The van der Waals surface area contributed by atoms with Crippen molar-refractivity contribution in [2.24, 2.45) is 5.92 Å². The molecule has 0 atom stereocenters. The maximum Gasteiger partial charge on any atom is 0.146 e. The van der Waals surface area contributed by atoms with Crippen LogP contribution in [0.2, 0.25) is 0 Å². The van der Waals surface area contributed by atoms with Crippen LogP contribution in [0.15, 0.2) is 24.3 Å². The van der Waals surface area contributed by atoms with Gasteiger partial charge in [-0.25, -0.2) is 0 Å². The van der Waals surface area contributed by atoms with Gasteiger partial charge in [0.2, 0.25) is 0 Å². The van der Waals surface area contributed by atoms with Gasteiger partial charge in [0.1, 0.15) is 24.4 Å². The van der Waals surface area contributed by atoms with Crippen LogP contribution in [0.25, 0.3) is 0 Å². The van der Waals surface area contributed by atoms with Crippen molar-refractivity contribution < 1.29 is 20.1 Å². The van der Waals surface area contributed by atoms with E-state index in [1.54, 1.807) is 14.2 Å². The molecule has 0 aliphatic heterocycles. The minimum atomic E-state index is 0.401. The summed E-state index contributed by atoms with van der Waals surface area (Å²) >= 11 is 0. The Hall–Kier alpha value is -1.10. The lowest BCUT2D eigenvalue weighted by Gasteiger charge is -2.43. The monoisotopic (exact) mass is 280 g/mol. The molecule has 0 heterocycles. The maximum absolute atomic E-state index is 5.27. The lowest BCUT2D eigenvalue weighted by Crippen LogP contribution is -3.05. The van der Waals surface area contributed by atoms with Crippen LogP contribution in [0.4, 0.5) is 0 Å². The average Bonchev–Trinajstić information content (AvgIpc) is 2.44. The van der Waals surface area contributed by atoms with Gasteiger partial charge >= 0.3 is 0 Å². The van der Waals surface area contributed by atoms with Gasteiger partial charge in [-0.1, -0.05) is 0 Å². The summed E-state index contributed by atoms with van der Waals surface area (Å²) in [4.78, 5) is 0. The molecule has 0 amide bonds. The molecule has 0 aromatic heterocycles. The Morgan fingerprint density at radius 3 is 2.45 bits per heavy atom.